The average Bonchev–Trinajstić information content (AvgIpc) is 3.03. The van der Waals surface area contributed by atoms with Crippen molar-refractivity contribution in [1.29, 1.82) is 0 Å². The summed E-state index contributed by atoms with van der Waals surface area (Å²) < 4.78 is 19.4. The van der Waals surface area contributed by atoms with Crippen LogP contribution in [-0.2, 0) is 14.3 Å². The van der Waals surface area contributed by atoms with Crippen LogP contribution in [0.5, 0.6) is 0 Å². The van der Waals surface area contributed by atoms with Crippen LogP contribution in [0.2, 0.25) is 0 Å². The summed E-state index contributed by atoms with van der Waals surface area (Å²) in [4.78, 5) is 28.7. The molecule has 4 rings (SSSR count). The third-order valence-electron chi connectivity index (χ3n) is 5.94. The van der Waals surface area contributed by atoms with Gasteiger partial charge >= 0.3 is 0 Å². The lowest BCUT2D eigenvalue weighted by molar-refractivity contribution is -0.907. The van der Waals surface area contributed by atoms with Crippen molar-refractivity contribution in [2.45, 2.75) is 13.0 Å². The summed E-state index contributed by atoms with van der Waals surface area (Å²) in [7, 11) is 0. The summed E-state index contributed by atoms with van der Waals surface area (Å²) in [5.74, 6) is -2.12. The van der Waals surface area contributed by atoms with E-state index in [9.17, 15) is 19.1 Å². The first kappa shape index (κ1) is 21.2. The molecule has 0 aliphatic carbocycles. The molecule has 6 nitrogen and oxygen atoms in total. The van der Waals surface area contributed by atoms with E-state index < -0.39 is 23.5 Å². The Hall–Kier alpha value is -3.03. The van der Waals surface area contributed by atoms with Gasteiger partial charge in [0.1, 0.15) is 24.7 Å². The first-order chi connectivity index (χ1) is 15.0. The summed E-state index contributed by atoms with van der Waals surface area (Å²) in [6.45, 7) is 5.88. The van der Waals surface area contributed by atoms with E-state index in [-0.39, 0.29) is 11.3 Å². The molecule has 31 heavy (non-hydrogen) atoms. The zero-order valence-electron chi connectivity index (χ0n) is 17.4. The zero-order valence-corrected chi connectivity index (χ0v) is 17.4. The number of amides is 1. The van der Waals surface area contributed by atoms with Gasteiger partial charge in [-0.05, 0) is 24.6 Å². The predicted molar refractivity (Wildman–Crippen MR) is 113 cm³/mol. The van der Waals surface area contributed by atoms with Gasteiger partial charge in [-0.2, -0.15) is 0 Å². The number of carbonyl (C=O) groups excluding carboxylic acids is 2. The maximum absolute atomic E-state index is 14.0. The molecule has 7 heteroatoms. The minimum atomic E-state index is -0.836. The van der Waals surface area contributed by atoms with Crippen molar-refractivity contribution in [2.24, 2.45) is 0 Å². The second-order valence-corrected chi connectivity index (χ2v) is 8.03. The lowest BCUT2D eigenvalue weighted by Gasteiger charge is -2.29. The van der Waals surface area contributed by atoms with E-state index in [0.29, 0.717) is 37.4 Å². The normalized spacial score (nSPS) is 21.6. The van der Waals surface area contributed by atoms with Crippen LogP contribution in [0.25, 0.3) is 5.76 Å². The molecular weight excluding hydrogens is 399 g/mol. The molecule has 1 amide bonds. The number of aliphatic hydroxyl groups excluding tert-OH is 1. The highest BCUT2D eigenvalue weighted by molar-refractivity contribution is 6.46. The first-order valence-corrected chi connectivity index (χ1v) is 10.5. The van der Waals surface area contributed by atoms with Gasteiger partial charge in [0.15, 0.2) is 0 Å². The molecule has 2 saturated heterocycles. The number of likely N-dealkylation sites (tertiary alicyclic amines) is 1. The number of ether oxygens (including phenoxy) is 1. The Morgan fingerprint density at radius 2 is 1.87 bits per heavy atom. The van der Waals surface area contributed by atoms with Crippen molar-refractivity contribution in [3.05, 3.63) is 76.6 Å². The Bertz CT molecular complexity index is 1010. The van der Waals surface area contributed by atoms with Gasteiger partial charge in [-0.25, -0.2) is 4.39 Å². The molecule has 1 atom stereocenters. The standard InChI is InChI=1S/C24H25FN2O4/c1-16-5-7-17(8-6-16)22(28)20-21(18-3-2-4-19(25)15-18)27(24(30)23(20)29)10-9-26-11-13-31-14-12-26/h2-8,15,21,28H,9-14H2,1H3/p+1/t21-/m1/s1. The van der Waals surface area contributed by atoms with E-state index in [1.54, 1.807) is 24.3 Å². The molecule has 0 unspecified atom stereocenters. The zero-order chi connectivity index (χ0) is 22.0. The lowest BCUT2D eigenvalue weighted by Crippen LogP contribution is -3.14. The van der Waals surface area contributed by atoms with Gasteiger partial charge < -0.3 is 19.6 Å². The molecule has 162 valence electrons. The highest BCUT2D eigenvalue weighted by Crippen LogP contribution is 2.39. The number of hydrogen-bond donors (Lipinski definition) is 2. The quantitative estimate of drug-likeness (QED) is 0.433. The summed E-state index contributed by atoms with van der Waals surface area (Å²) in [5.41, 5.74) is 1.91. The van der Waals surface area contributed by atoms with E-state index in [1.165, 1.54) is 21.9 Å². The number of morpholine rings is 1. The second kappa shape index (κ2) is 8.99. The molecule has 2 fully saturated rings. The molecule has 0 radical (unpaired) electrons. The fraction of sp³-hybridized carbons (Fsp3) is 0.333. The van der Waals surface area contributed by atoms with Gasteiger partial charge in [-0.15, -0.1) is 0 Å². The van der Waals surface area contributed by atoms with Gasteiger partial charge in [0.2, 0.25) is 0 Å². The molecule has 2 N–H and O–H groups in total. The number of halogens is 1. The lowest BCUT2D eigenvalue weighted by atomic mass is 9.95. The number of Topliss-reactive ketones (excluding diaryl/α,β-unsaturated/α-hetero) is 1. The van der Waals surface area contributed by atoms with E-state index in [2.05, 4.69) is 0 Å². The van der Waals surface area contributed by atoms with Crippen LogP contribution in [0.4, 0.5) is 4.39 Å². The van der Waals surface area contributed by atoms with Gasteiger partial charge in [0.05, 0.1) is 37.9 Å². The van der Waals surface area contributed by atoms with Crippen molar-refractivity contribution in [3.63, 3.8) is 0 Å². The number of benzene rings is 2. The molecule has 0 aromatic heterocycles. The SMILES string of the molecule is Cc1ccc(C(O)=C2C(=O)C(=O)N(CC[NH+]3CCOCC3)[C@@H]2c2cccc(F)c2)cc1. The third-order valence-corrected chi connectivity index (χ3v) is 5.94. The summed E-state index contributed by atoms with van der Waals surface area (Å²) >= 11 is 0. The Labute approximate surface area is 180 Å². The number of aryl methyl sites for hydroxylation is 1. The molecule has 2 aliphatic rings. The molecule has 0 saturated carbocycles. The Morgan fingerprint density at radius 1 is 1.16 bits per heavy atom. The maximum Gasteiger partial charge on any atom is 0.295 e. The summed E-state index contributed by atoms with van der Waals surface area (Å²) in [6.07, 6.45) is 0. The smallest absolute Gasteiger partial charge is 0.295 e. The Balaban J connectivity index is 1.73. The van der Waals surface area contributed by atoms with Crippen molar-refractivity contribution in [3.8, 4) is 0 Å². The van der Waals surface area contributed by atoms with Crippen LogP contribution in [0.15, 0.2) is 54.1 Å². The number of ketones is 1. The van der Waals surface area contributed by atoms with Gasteiger partial charge in [0.25, 0.3) is 11.7 Å². The highest BCUT2D eigenvalue weighted by Gasteiger charge is 2.46. The average molecular weight is 425 g/mol. The van der Waals surface area contributed by atoms with E-state index in [1.807, 2.05) is 19.1 Å². The monoisotopic (exact) mass is 425 g/mol. The van der Waals surface area contributed by atoms with Crippen molar-refractivity contribution in [2.75, 3.05) is 39.4 Å². The fourth-order valence-corrected chi connectivity index (χ4v) is 4.19. The molecule has 0 spiro atoms. The number of aliphatic hydroxyl groups is 1. The Kier molecular flexibility index (Phi) is 6.15. The van der Waals surface area contributed by atoms with Crippen molar-refractivity contribution >= 4 is 17.4 Å². The summed E-state index contributed by atoms with van der Waals surface area (Å²) in [5, 5.41) is 11.0. The number of nitrogens with one attached hydrogen (secondary N) is 1. The van der Waals surface area contributed by atoms with Crippen LogP contribution in [0, 0.1) is 12.7 Å². The number of hydrogen-bond acceptors (Lipinski definition) is 4. The van der Waals surface area contributed by atoms with Crippen molar-refractivity contribution in [1.82, 2.24) is 4.90 Å². The Morgan fingerprint density at radius 3 is 2.55 bits per heavy atom. The van der Waals surface area contributed by atoms with Gasteiger partial charge in [0, 0.05) is 5.56 Å². The molecule has 2 heterocycles. The second-order valence-electron chi connectivity index (χ2n) is 8.03. The fourth-order valence-electron chi connectivity index (χ4n) is 4.19. The first-order valence-electron chi connectivity index (χ1n) is 10.5. The van der Waals surface area contributed by atoms with Crippen LogP contribution < -0.4 is 4.90 Å². The third kappa shape index (κ3) is 4.38. The van der Waals surface area contributed by atoms with Crippen molar-refractivity contribution < 1.29 is 28.7 Å². The number of carbonyl (C=O) groups is 2. The summed E-state index contributed by atoms with van der Waals surface area (Å²) in [6, 6.07) is 12.1. The highest BCUT2D eigenvalue weighted by atomic mass is 19.1. The molecule has 0 bridgehead atoms. The minimum absolute atomic E-state index is 0.00331. The van der Waals surface area contributed by atoms with E-state index in [0.717, 1.165) is 18.7 Å². The van der Waals surface area contributed by atoms with E-state index >= 15 is 0 Å². The number of quaternary nitrogens is 1. The molecule has 2 aliphatic heterocycles. The minimum Gasteiger partial charge on any atom is -0.507 e. The molecule has 2 aromatic carbocycles. The van der Waals surface area contributed by atoms with Crippen LogP contribution in [0.3, 0.4) is 0 Å². The van der Waals surface area contributed by atoms with Crippen LogP contribution in [-0.4, -0.2) is 61.1 Å². The number of nitrogens with zero attached hydrogens (tertiary/aromatic N) is 1. The van der Waals surface area contributed by atoms with E-state index in [4.69, 9.17) is 4.74 Å². The maximum atomic E-state index is 14.0. The largest absolute Gasteiger partial charge is 0.507 e. The molecular formula is C24H26FN2O4+. The molecule has 2 aromatic rings. The van der Waals surface area contributed by atoms with Gasteiger partial charge in [-0.1, -0.05) is 42.0 Å². The number of rotatable bonds is 5. The predicted octanol–water partition coefficient (Wildman–Crippen LogP) is 1.47. The topological polar surface area (TPSA) is 71.3 Å². The van der Waals surface area contributed by atoms with Crippen LogP contribution in [0.1, 0.15) is 22.7 Å². The van der Waals surface area contributed by atoms with Crippen LogP contribution >= 0.6 is 0 Å². The van der Waals surface area contributed by atoms with Gasteiger partial charge in [-0.3, -0.25) is 9.59 Å².